The Morgan fingerprint density at radius 2 is 1.64 bits per heavy atom. The standard InChI is InChI=1S/C20H22N2O6/c23-19-11-5-3-8-16(19)14-18(10-2-1-7-13-27-21-25)28-22(26)15-17-9-4-6-12-20(17)24/h3-6,8-9,11-12,14-15,23-24H,1-2,7,10,13H2/b18-14?,22-15+. The Morgan fingerprint density at radius 1 is 1.00 bits per heavy atom. The molecule has 2 aromatic rings. The van der Waals surface area contributed by atoms with Crippen molar-refractivity contribution in [1.29, 1.82) is 0 Å². The summed E-state index contributed by atoms with van der Waals surface area (Å²) in [6, 6.07) is 13.1. The first-order valence-corrected chi connectivity index (χ1v) is 8.80. The minimum absolute atomic E-state index is 0.0398. The molecule has 0 spiro atoms. The van der Waals surface area contributed by atoms with Crippen LogP contribution in [0.5, 0.6) is 11.5 Å². The molecule has 0 saturated carbocycles. The van der Waals surface area contributed by atoms with Gasteiger partial charge in [-0.3, -0.25) is 5.21 Å². The number of para-hydroxylation sites is 2. The number of rotatable bonds is 11. The van der Waals surface area contributed by atoms with Crippen LogP contribution in [-0.2, 0) is 9.68 Å². The van der Waals surface area contributed by atoms with Crippen molar-refractivity contribution in [2.24, 2.45) is 5.34 Å². The SMILES string of the molecule is O=NOCCCCCC(=Cc1ccccc1O)O/[N+]([O-])=C/c1ccccc1O. The lowest BCUT2D eigenvalue weighted by Gasteiger charge is -2.12. The molecule has 0 bridgehead atoms. The van der Waals surface area contributed by atoms with E-state index in [1.54, 1.807) is 42.5 Å². The second kappa shape index (κ2) is 11.2. The number of phenols is 2. The third kappa shape index (κ3) is 6.99. The van der Waals surface area contributed by atoms with Crippen molar-refractivity contribution in [2.75, 3.05) is 6.61 Å². The first-order chi connectivity index (χ1) is 13.6. The van der Waals surface area contributed by atoms with E-state index in [4.69, 9.17) is 4.84 Å². The van der Waals surface area contributed by atoms with Gasteiger partial charge in [0.25, 0.3) is 0 Å². The van der Waals surface area contributed by atoms with Crippen LogP contribution in [0.3, 0.4) is 0 Å². The van der Waals surface area contributed by atoms with E-state index in [2.05, 4.69) is 10.2 Å². The number of allylic oxidation sites excluding steroid dienone is 1. The highest BCUT2D eigenvalue weighted by molar-refractivity contribution is 5.79. The van der Waals surface area contributed by atoms with Gasteiger partial charge in [-0.15, -0.1) is 4.91 Å². The number of phenolic OH excluding ortho intramolecular Hbond substituents is 2. The highest BCUT2D eigenvalue weighted by Gasteiger charge is 2.06. The summed E-state index contributed by atoms with van der Waals surface area (Å²) < 4.78 is 0. The van der Waals surface area contributed by atoms with Gasteiger partial charge in [-0.2, -0.15) is 0 Å². The Morgan fingerprint density at radius 3 is 2.29 bits per heavy atom. The minimum atomic E-state index is -0.0398. The van der Waals surface area contributed by atoms with Crippen LogP contribution in [0.25, 0.3) is 6.08 Å². The van der Waals surface area contributed by atoms with Gasteiger partial charge in [0.2, 0.25) is 6.21 Å². The van der Waals surface area contributed by atoms with Gasteiger partial charge in [-0.1, -0.05) is 30.3 Å². The molecule has 0 radical (unpaired) electrons. The van der Waals surface area contributed by atoms with Crippen LogP contribution in [0.1, 0.15) is 36.8 Å². The molecule has 2 aromatic carbocycles. The number of aromatic hydroxyl groups is 2. The highest BCUT2D eigenvalue weighted by atomic mass is 16.9. The fraction of sp³-hybridized carbons (Fsp3) is 0.250. The predicted octanol–water partition coefficient (Wildman–Crippen LogP) is 4.26. The van der Waals surface area contributed by atoms with Crippen LogP contribution in [-0.4, -0.2) is 27.9 Å². The maximum Gasteiger partial charge on any atom is 0.244 e. The van der Waals surface area contributed by atoms with Crippen LogP contribution >= 0.6 is 0 Å². The molecule has 0 aliphatic carbocycles. The third-order valence-corrected chi connectivity index (χ3v) is 3.85. The molecule has 0 fully saturated rings. The molecule has 0 atom stereocenters. The van der Waals surface area contributed by atoms with Gasteiger partial charge in [-0.25, -0.2) is 0 Å². The first kappa shape index (κ1) is 20.8. The molecular formula is C20H22N2O6. The molecule has 0 saturated heterocycles. The molecule has 0 aromatic heterocycles. The molecule has 2 N–H and O–H groups in total. The first-order valence-electron chi connectivity index (χ1n) is 8.80. The van der Waals surface area contributed by atoms with Crippen LogP contribution in [0.2, 0.25) is 0 Å². The lowest BCUT2D eigenvalue weighted by Crippen LogP contribution is -2.07. The maximum atomic E-state index is 12.2. The zero-order valence-corrected chi connectivity index (χ0v) is 15.2. The molecular weight excluding hydrogens is 364 g/mol. The Bertz CT molecular complexity index is 835. The molecule has 0 unspecified atom stereocenters. The van der Waals surface area contributed by atoms with Gasteiger partial charge < -0.3 is 19.9 Å². The van der Waals surface area contributed by atoms with E-state index in [-0.39, 0.29) is 23.0 Å². The van der Waals surface area contributed by atoms with E-state index >= 15 is 0 Å². The summed E-state index contributed by atoms with van der Waals surface area (Å²) in [7, 11) is 0. The monoisotopic (exact) mass is 386 g/mol. The normalized spacial score (nSPS) is 11.9. The molecule has 8 nitrogen and oxygen atoms in total. The summed E-state index contributed by atoms with van der Waals surface area (Å²) in [5, 5.41) is 34.2. The Labute approximate surface area is 162 Å². The zero-order chi connectivity index (χ0) is 20.2. The number of unbranched alkanes of at least 4 members (excludes halogenated alkanes) is 2. The highest BCUT2D eigenvalue weighted by Crippen LogP contribution is 2.22. The van der Waals surface area contributed by atoms with Crippen LogP contribution in [0, 0.1) is 10.1 Å². The summed E-state index contributed by atoms with van der Waals surface area (Å²) in [5.74, 6) is 0.371. The number of hydrogen-bond donors (Lipinski definition) is 2. The van der Waals surface area contributed by atoms with E-state index in [9.17, 15) is 20.3 Å². The van der Waals surface area contributed by atoms with Gasteiger partial charge in [0.05, 0.1) is 11.3 Å². The van der Waals surface area contributed by atoms with E-state index in [0.717, 1.165) is 12.6 Å². The molecule has 8 heteroatoms. The molecule has 148 valence electrons. The van der Waals surface area contributed by atoms with Gasteiger partial charge >= 0.3 is 0 Å². The predicted molar refractivity (Wildman–Crippen MR) is 104 cm³/mol. The molecule has 0 heterocycles. The zero-order valence-electron chi connectivity index (χ0n) is 15.2. The molecule has 0 aliphatic heterocycles. The Kier molecular flexibility index (Phi) is 8.32. The van der Waals surface area contributed by atoms with Crippen molar-refractivity contribution in [3.05, 3.63) is 75.5 Å². The van der Waals surface area contributed by atoms with Gasteiger partial charge in [0.15, 0.2) is 5.34 Å². The van der Waals surface area contributed by atoms with Crippen molar-refractivity contribution in [3.8, 4) is 11.5 Å². The van der Waals surface area contributed by atoms with E-state index < -0.39 is 0 Å². The summed E-state index contributed by atoms with van der Waals surface area (Å²) in [4.78, 5) is 19.9. The van der Waals surface area contributed by atoms with Crippen molar-refractivity contribution in [1.82, 2.24) is 0 Å². The summed E-state index contributed by atoms with van der Waals surface area (Å²) >= 11 is 0. The number of hydrogen-bond acceptors (Lipinski definition) is 7. The third-order valence-electron chi connectivity index (χ3n) is 3.85. The van der Waals surface area contributed by atoms with Crippen molar-refractivity contribution < 1.29 is 24.8 Å². The van der Waals surface area contributed by atoms with Gasteiger partial charge in [0.1, 0.15) is 18.1 Å². The molecule has 28 heavy (non-hydrogen) atoms. The summed E-state index contributed by atoms with van der Waals surface area (Å²) in [5.41, 5.74) is 0.833. The largest absolute Gasteiger partial charge is 0.507 e. The fourth-order valence-electron chi connectivity index (χ4n) is 2.46. The average Bonchev–Trinajstić information content (AvgIpc) is 2.68. The van der Waals surface area contributed by atoms with E-state index in [1.165, 1.54) is 12.1 Å². The average molecular weight is 386 g/mol. The quantitative estimate of drug-likeness (QED) is 0.149. The topological polar surface area (TPSA) is 114 Å². The van der Waals surface area contributed by atoms with Crippen molar-refractivity contribution >= 4 is 12.3 Å². The Balaban J connectivity index is 2.10. The van der Waals surface area contributed by atoms with Gasteiger partial charge in [-0.05, 0) is 50.0 Å². The van der Waals surface area contributed by atoms with Crippen molar-refractivity contribution in [3.63, 3.8) is 0 Å². The Hall–Kier alpha value is -3.55. The molecule has 2 rings (SSSR count). The lowest BCUT2D eigenvalue weighted by molar-refractivity contribution is -0.723. The summed E-state index contributed by atoms with van der Waals surface area (Å²) in [6.45, 7) is 0.234. The van der Waals surface area contributed by atoms with Crippen LogP contribution < -0.4 is 0 Å². The van der Waals surface area contributed by atoms with E-state index in [1.807, 2.05) is 0 Å². The van der Waals surface area contributed by atoms with Crippen molar-refractivity contribution in [2.45, 2.75) is 25.7 Å². The van der Waals surface area contributed by atoms with E-state index in [0.29, 0.717) is 36.1 Å². The number of nitrogens with zero attached hydrogens (tertiary/aromatic N) is 2. The second-order valence-corrected chi connectivity index (χ2v) is 5.95. The maximum absolute atomic E-state index is 12.2. The number of benzene rings is 2. The van der Waals surface area contributed by atoms with Gasteiger partial charge in [0, 0.05) is 10.5 Å². The minimum Gasteiger partial charge on any atom is -0.507 e. The molecule has 0 aliphatic rings. The van der Waals surface area contributed by atoms with Crippen LogP contribution in [0.4, 0.5) is 0 Å². The van der Waals surface area contributed by atoms with Crippen LogP contribution in [0.15, 0.2) is 59.6 Å². The fourth-order valence-corrected chi connectivity index (χ4v) is 2.46. The lowest BCUT2D eigenvalue weighted by atomic mass is 10.1. The summed E-state index contributed by atoms with van der Waals surface area (Å²) in [6.07, 6.45) is 5.18. The smallest absolute Gasteiger partial charge is 0.244 e. The molecule has 0 amide bonds. The second-order valence-electron chi connectivity index (χ2n) is 5.95.